The lowest BCUT2D eigenvalue weighted by atomic mass is 9.92. The van der Waals surface area contributed by atoms with Gasteiger partial charge in [-0.15, -0.1) is 0 Å². The molecule has 1 N–H and O–H groups in total. The van der Waals surface area contributed by atoms with Gasteiger partial charge >= 0.3 is 0 Å². The van der Waals surface area contributed by atoms with Gasteiger partial charge in [0, 0.05) is 6.04 Å². The molecule has 1 nitrogen and oxygen atoms in total. The summed E-state index contributed by atoms with van der Waals surface area (Å²) < 4.78 is 0. The molecule has 1 aliphatic carbocycles. The maximum absolute atomic E-state index is 3.68. The molecule has 1 heteroatoms. The molecule has 0 aromatic carbocycles. The third kappa shape index (κ3) is 8.68. The van der Waals surface area contributed by atoms with E-state index in [4.69, 9.17) is 0 Å². The summed E-state index contributed by atoms with van der Waals surface area (Å²) >= 11 is 0. The Balaban J connectivity index is 2.03. The maximum Gasteiger partial charge on any atom is 0.00695 e. The summed E-state index contributed by atoms with van der Waals surface area (Å²) in [5.74, 6) is 1.02. The minimum Gasteiger partial charge on any atom is -0.314 e. The molecule has 1 fully saturated rings. The highest BCUT2D eigenvalue weighted by molar-refractivity contribution is 4.75. The van der Waals surface area contributed by atoms with Crippen molar-refractivity contribution in [3.8, 4) is 0 Å². The van der Waals surface area contributed by atoms with Crippen LogP contribution in [0.4, 0.5) is 0 Å². The van der Waals surface area contributed by atoms with E-state index in [1.807, 2.05) is 0 Å². The molecule has 2 atom stereocenters. The minimum atomic E-state index is 0.821. The average molecular weight is 268 g/mol. The third-order valence-electron chi connectivity index (χ3n) is 4.74. The molecule has 19 heavy (non-hydrogen) atoms. The molecule has 0 amide bonds. The molecule has 0 aliphatic heterocycles. The van der Waals surface area contributed by atoms with Gasteiger partial charge in [0.2, 0.25) is 0 Å². The molecule has 0 aromatic heterocycles. The molecule has 0 heterocycles. The van der Waals surface area contributed by atoms with Gasteiger partial charge in [-0.25, -0.2) is 0 Å². The molecule has 0 radical (unpaired) electrons. The summed E-state index contributed by atoms with van der Waals surface area (Å²) in [6.45, 7) is 5.69. The van der Waals surface area contributed by atoms with E-state index in [0.717, 1.165) is 18.5 Å². The minimum absolute atomic E-state index is 0.821. The van der Waals surface area contributed by atoms with E-state index in [9.17, 15) is 0 Å². The summed E-state index contributed by atoms with van der Waals surface area (Å²) in [6, 6.07) is 0.821. The van der Waals surface area contributed by atoms with Crippen LogP contribution in [0.1, 0.15) is 97.3 Å². The maximum atomic E-state index is 3.68. The summed E-state index contributed by atoms with van der Waals surface area (Å²) in [5, 5.41) is 3.68. The Bertz CT molecular complexity index is 190. The molecule has 0 bridgehead atoms. The van der Waals surface area contributed by atoms with Gasteiger partial charge in [0.25, 0.3) is 0 Å². The molecule has 2 unspecified atom stereocenters. The van der Waals surface area contributed by atoms with E-state index in [1.54, 1.807) is 0 Å². The Morgan fingerprint density at radius 2 is 1.53 bits per heavy atom. The van der Waals surface area contributed by atoms with Crippen LogP contribution in [0, 0.1) is 5.92 Å². The van der Waals surface area contributed by atoms with Crippen molar-refractivity contribution in [1.82, 2.24) is 5.32 Å². The molecule has 1 rings (SSSR count). The van der Waals surface area contributed by atoms with Crippen molar-refractivity contribution in [3.63, 3.8) is 0 Å². The first-order valence-electron chi connectivity index (χ1n) is 9.10. The van der Waals surface area contributed by atoms with Crippen molar-refractivity contribution in [2.24, 2.45) is 5.92 Å². The normalized spacial score (nSPS) is 24.3. The zero-order valence-electron chi connectivity index (χ0n) is 13.6. The highest BCUT2D eigenvalue weighted by atomic mass is 14.9. The number of hydrogen-bond acceptors (Lipinski definition) is 1. The van der Waals surface area contributed by atoms with Crippen molar-refractivity contribution in [3.05, 3.63) is 0 Å². The Labute approximate surface area is 121 Å². The van der Waals surface area contributed by atoms with E-state index in [-0.39, 0.29) is 0 Å². The Morgan fingerprint density at radius 3 is 2.26 bits per heavy atom. The van der Waals surface area contributed by atoms with E-state index in [2.05, 4.69) is 19.2 Å². The van der Waals surface area contributed by atoms with Gasteiger partial charge in [0.1, 0.15) is 0 Å². The van der Waals surface area contributed by atoms with Crippen LogP contribution in [0.3, 0.4) is 0 Å². The smallest absolute Gasteiger partial charge is 0.00695 e. The lowest BCUT2D eigenvalue weighted by Gasteiger charge is -2.20. The number of hydrogen-bond donors (Lipinski definition) is 1. The van der Waals surface area contributed by atoms with Crippen LogP contribution >= 0.6 is 0 Å². The van der Waals surface area contributed by atoms with Crippen LogP contribution < -0.4 is 5.32 Å². The van der Waals surface area contributed by atoms with Crippen LogP contribution in [0.25, 0.3) is 0 Å². The average Bonchev–Trinajstić information content (AvgIpc) is 2.64. The van der Waals surface area contributed by atoms with Gasteiger partial charge in [-0.2, -0.15) is 0 Å². The molecular weight excluding hydrogens is 230 g/mol. The van der Waals surface area contributed by atoms with E-state index in [0.29, 0.717) is 0 Å². The molecule has 1 saturated carbocycles. The van der Waals surface area contributed by atoms with Gasteiger partial charge in [-0.05, 0) is 25.3 Å². The fourth-order valence-corrected chi connectivity index (χ4v) is 3.59. The number of nitrogens with one attached hydrogen (secondary N) is 1. The van der Waals surface area contributed by atoms with Crippen LogP contribution in [-0.2, 0) is 0 Å². The van der Waals surface area contributed by atoms with E-state index in [1.165, 1.54) is 83.5 Å². The highest BCUT2D eigenvalue weighted by Gasteiger charge is 2.18. The van der Waals surface area contributed by atoms with Crippen molar-refractivity contribution < 1.29 is 0 Å². The predicted octanol–water partition coefficient (Wildman–Crippen LogP) is 5.69. The van der Waals surface area contributed by atoms with Crippen LogP contribution in [0.2, 0.25) is 0 Å². The molecule has 0 spiro atoms. The second kappa shape index (κ2) is 11.8. The topological polar surface area (TPSA) is 12.0 Å². The second-order valence-corrected chi connectivity index (χ2v) is 6.55. The van der Waals surface area contributed by atoms with Gasteiger partial charge in [0.15, 0.2) is 0 Å². The Morgan fingerprint density at radius 1 is 0.842 bits per heavy atom. The third-order valence-corrected chi connectivity index (χ3v) is 4.74. The summed E-state index contributed by atoms with van der Waals surface area (Å²) in [6.07, 6.45) is 19.0. The lowest BCUT2D eigenvalue weighted by Crippen LogP contribution is -2.29. The van der Waals surface area contributed by atoms with E-state index < -0.39 is 0 Å². The molecule has 0 saturated heterocycles. The van der Waals surface area contributed by atoms with Crippen molar-refractivity contribution in [2.45, 2.75) is 103 Å². The van der Waals surface area contributed by atoms with Crippen molar-refractivity contribution in [1.29, 1.82) is 0 Å². The Hall–Kier alpha value is -0.0400. The summed E-state index contributed by atoms with van der Waals surface area (Å²) in [4.78, 5) is 0. The molecule has 0 aromatic rings. The van der Waals surface area contributed by atoms with Gasteiger partial charge < -0.3 is 5.32 Å². The second-order valence-electron chi connectivity index (χ2n) is 6.55. The van der Waals surface area contributed by atoms with Crippen molar-refractivity contribution in [2.75, 3.05) is 6.54 Å². The zero-order valence-corrected chi connectivity index (χ0v) is 13.6. The predicted molar refractivity (Wildman–Crippen MR) is 86.6 cm³/mol. The van der Waals surface area contributed by atoms with Crippen LogP contribution in [0.5, 0.6) is 0 Å². The zero-order chi connectivity index (χ0) is 13.8. The number of unbranched alkanes of at least 4 members (excludes halogenated alkanes) is 6. The van der Waals surface area contributed by atoms with Crippen LogP contribution in [-0.4, -0.2) is 12.6 Å². The first-order chi connectivity index (χ1) is 9.36. The fraction of sp³-hybridized carbons (Fsp3) is 1.00. The summed E-state index contributed by atoms with van der Waals surface area (Å²) in [7, 11) is 0. The first-order valence-corrected chi connectivity index (χ1v) is 9.10. The quantitative estimate of drug-likeness (QED) is 0.396. The fourth-order valence-electron chi connectivity index (χ4n) is 3.59. The molecule has 114 valence electrons. The van der Waals surface area contributed by atoms with Gasteiger partial charge in [-0.1, -0.05) is 84.5 Å². The lowest BCUT2D eigenvalue weighted by molar-refractivity contribution is 0.359. The first kappa shape index (κ1) is 17.0. The standard InChI is InChI=1S/C18H37N/c1-3-5-6-7-8-9-10-13-17-14-11-12-15-18(16-17)19-4-2/h17-19H,3-16H2,1-2H3. The Kier molecular flexibility index (Phi) is 10.5. The monoisotopic (exact) mass is 267 g/mol. The molecule has 1 aliphatic rings. The van der Waals surface area contributed by atoms with Crippen molar-refractivity contribution >= 4 is 0 Å². The SMILES string of the molecule is CCCCCCCCCC1CCCCC(NCC)C1. The molecular formula is C18H37N. The van der Waals surface area contributed by atoms with E-state index >= 15 is 0 Å². The largest absolute Gasteiger partial charge is 0.314 e. The summed E-state index contributed by atoms with van der Waals surface area (Å²) in [5.41, 5.74) is 0. The highest BCUT2D eigenvalue weighted by Crippen LogP contribution is 2.27. The van der Waals surface area contributed by atoms with Gasteiger partial charge in [-0.3, -0.25) is 0 Å². The van der Waals surface area contributed by atoms with Gasteiger partial charge in [0.05, 0.1) is 0 Å². The van der Waals surface area contributed by atoms with Crippen LogP contribution in [0.15, 0.2) is 0 Å². The number of rotatable bonds is 10.